The molecule has 0 amide bonds. The van der Waals surface area contributed by atoms with E-state index < -0.39 is 29.2 Å². The predicted molar refractivity (Wildman–Crippen MR) is 152 cm³/mol. The molecule has 4 aliphatic carbocycles. The van der Waals surface area contributed by atoms with Gasteiger partial charge in [0.25, 0.3) is 0 Å². The Balaban J connectivity index is 1.47. The number of carbonyl (C=O) groups excluding carboxylic acids is 1. The second kappa shape index (κ2) is 10.4. The fourth-order valence-electron chi connectivity index (χ4n) is 9.43. The average molecular weight is 523 g/mol. The molecule has 3 fully saturated rings. The van der Waals surface area contributed by atoms with Crippen molar-refractivity contribution in [1.82, 2.24) is 0 Å². The Hall–Kier alpha value is -1.65. The molecule has 0 aliphatic heterocycles. The van der Waals surface area contributed by atoms with Crippen LogP contribution >= 0.6 is 0 Å². The van der Waals surface area contributed by atoms with Crippen LogP contribution in [0.2, 0.25) is 0 Å². The number of hydrogen-bond donors (Lipinski definition) is 2. The number of benzene rings is 1. The summed E-state index contributed by atoms with van der Waals surface area (Å²) in [5.41, 5.74) is 0.511. The first kappa shape index (κ1) is 27.9. The smallest absolute Gasteiger partial charge is 0.338 e. The molecular formula is C34H50O4. The van der Waals surface area contributed by atoms with Crippen LogP contribution in [0.25, 0.3) is 0 Å². The zero-order valence-electron chi connectivity index (χ0n) is 24.3. The van der Waals surface area contributed by atoms with E-state index >= 15 is 0 Å². The minimum Gasteiger partial charge on any atom is -0.451 e. The highest BCUT2D eigenvalue weighted by Crippen LogP contribution is 2.68. The lowest BCUT2D eigenvalue weighted by atomic mass is 9.45. The third-order valence-electron chi connectivity index (χ3n) is 11.7. The second-order valence-corrected chi connectivity index (χ2v) is 14.2. The summed E-state index contributed by atoms with van der Waals surface area (Å²) in [5.74, 6) is 2.55. The maximum Gasteiger partial charge on any atom is 0.338 e. The number of rotatable bonds is 7. The molecular weight excluding hydrogens is 472 g/mol. The molecule has 210 valence electrons. The van der Waals surface area contributed by atoms with E-state index in [0.717, 1.165) is 18.8 Å². The normalized spacial score (nSPS) is 41.1. The average Bonchev–Trinajstić information content (AvgIpc) is 3.23. The SMILES string of the molecule is CC(C)CCC[C@@H](C)[C@H]1CC[C@H]2C3=C[C@H](OC(=O)c4ccccc4)[C@@]4(O)C[C@@H](O)CC[C@]4(C)[C@H]3CC[C@]12C. The Morgan fingerprint density at radius 1 is 1.00 bits per heavy atom. The summed E-state index contributed by atoms with van der Waals surface area (Å²) in [6.07, 6.45) is 11.2. The maximum absolute atomic E-state index is 13.2. The van der Waals surface area contributed by atoms with Gasteiger partial charge in [0.2, 0.25) is 0 Å². The Labute approximate surface area is 230 Å². The maximum atomic E-state index is 13.2. The van der Waals surface area contributed by atoms with E-state index in [1.807, 2.05) is 18.2 Å². The Morgan fingerprint density at radius 2 is 1.74 bits per heavy atom. The number of aliphatic hydroxyl groups excluding tert-OH is 1. The molecule has 3 saturated carbocycles. The number of esters is 1. The van der Waals surface area contributed by atoms with Crippen molar-refractivity contribution in [3.63, 3.8) is 0 Å². The van der Waals surface area contributed by atoms with Crippen LogP contribution in [-0.2, 0) is 4.74 Å². The lowest BCUT2D eigenvalue weighted by Crippen LogP contribution is -2.66. The summed E-state index contributed by atoms with van der Waals surface area (Å²) in [7, 11) is 0. The summed E-state index contributed by atoms with van der Waals surface area (Å²) in [5, 5.41) is 23.0. The molecule has 2 N–H and O–H groups in total. The van der Waals surface area contributed by atoms with Crippen molar-refractivity contribution in [3.8, 4) is 0 Å². The van der Waals surface area contributed by atoms with Gasteiger partial charge in [-0.15, -0.1) is 0 Å². The van der Waals surface area contributed by atoms with Gasteiger partial charge in [-0.25, -0.2) is 4.79 Å². The molecule has 9 atom stereocenters. The van der Waals surface area contributed by atoms with Crippen LogP contribution in [0.4, 0.5) is 0 Å². The molecule has 1 aromatic carbocycles. The summed E-state index contributed by atoms with van der Waals surface area (Å²) >= 11 is 0. The molecule has 0 radical (unpaired) electrons. The van der Waals surface area contributed by atoms with Crippen LogP contribution in [0.3, 0.4) is 0 Å². The topological polar surface area (TPSA) is 66.8 Å². The molecule has 0 aromatic heterocycles. The molecule has 5 rings (SSSR count). The third kappa shape index (κ3) is 4.58. The van der Waals surface area contributed by atoms with Crippen molar-refractivity contribution in [3.05, 3.63) is 47.5 Å². The monoisotopic (exact) mass is 522 g/mol. The fourth-order valence-corrected chi connectivity index (χ4v) is 9.43. The van der Waals surface area contributed by atoms with Crippen LogP contribution < -0.4 is 0 Å². The van der Waals surface area contributed by atoms with E-state index in [1.165, 1.54) is 44.1 Å². The summed E-state index contributed by atoms with van der Waals surface area (Å²) in [6.45, 7) is 11.9. The van der Waals surface area contributed by atoms with Crippen molar-refractivity contribution in [2.75, 3.05) is 0 Å². The van der Waals surface area contributed by atoms with Crippen LogP contribution in [0, 0.1) is 40.4 Å². The van der Waals surface area contributed by atoms with Gasteiger partial charge in [-0.2, -0.15) is 0 Å². The van der Waals surface area contributed by atoms with Crippen molar-refractivity contribution in [2.45, 2.75) is 117 Å². The van der Waals surface area contributed by atoms with Gasteiger partial charge in [0.1, 0.15) is 11.7 Å². The first-order valence-corrected chi connectivity index (χ1v) is 15.4. The van der Waals surface area contributed by atoms with E-state index in [-0.39, 0.29) is 17.8 Å². The Morgan fingerprint density at radius 3 is 2.45 bits per heavy atom. The molecule has 1 aromatic rings. The predicted octanol–water partition coefficient (Wildman–Crippen LogP) is 7.34. The summed E-state index contributed by atoms with van der Waals surface area (Å²) in [6, 6.07) is 9.08. The van der Waals surface area contributed by atoms with Crippen molar-refractivity contribution in [2.24, 2.45) is 40.4 Å². The second-order valence-electron chi connectivity index (χ2n) is 14.2. The number of ether oxygens (including phenoxy) is 1. The molecule has 4 aliphatic rings. The van der Waals surface area contributed by atoms with E-state index in [0.29, 0.717) is 29.7 Å². The Bertz CT molecular complexity index is 1030. The van der Waals surface area contributed by atoms with Gasteiger partial charge in [0.15, 0.2) is 0 Å². The first-order chi connectivity index (χ1) is 18.0. The van der Waals surface area contributed by atoms with Crippen LogP contribution in [-0.4, -0.2) is 34.0 Å². The van der Waals surface area contributed by atoms with E-state index in [2.05, 4.69) is 40.7 Å². The zero-order chi connectivity index (χ0) is 27.3. The fraction of sp³-hybridized carbons (Fsp3) is 0.735. The number of allylic oxidation sites excluding steroid dienone is 1. The van der Waals surface area contributed by atoms with Gasteiger partial charge in [0, 0.05) is 11.8 Å². The highest BCUT2D eigenvalue weighted by Gasteiger charge is 2.66. The number of aliphatic hydroxyl groups is 2. The lowest BCUT2D eigenvalue weighted by Gasteiger charge is -2.62. The van der Waals surface area contributed by atoms with Crippen molar-refractivity contribution in [1.29, 1.82) is 0 Å². The zero-order valence-corrected chi connectivity index (χ0v) is 24.3. The van der Waals surface area contributed by atoms with Gasteiger partial charge < -0.3 is 14.9 Å². The highest BCUT2D eigenvalue weighted by molar-refractivity contribution is 5.89. The lowest BCUT2D eigenvalue weighted by molar-refractivity contribution is -0.210. The molecule has 38 heavy (non-hydrogen) atoms. The number of hydrogen-bond acceptors (Lipinski definition) is 4. The molecule has 0 saturated heterocycles. The third-order valence-corrected chi connectivity index (χ3v) is 11.7. The largest absolute Gasteiger partial charge is 0.451 e. The van der Waals surface area contributed by atoms with Gasteiger partial charge in [-0.3, -0.25) is 0 Å². The summed E-state index contributed by atoms with van der Waals surface area (Å²) < 4.78 is 6.17. The molecule has 0 spiro atoms. The van der Waals surface area contributed by atoms with Crippen LogP contribution in [0.5, 0.6) is 0 Å². The van der Waals surface area contributed by atoms with Gasteiger partial charge in [-0.1, -0.05) is 77.7 Å². The standard InChI is InChI=1S/C34H50O4/c1-22(2)10-9-11-23(3)27-14-15-28-26-20-30(38-31(36)24-12-7-6-8-13-24)34(37)21-25(35)16-19-33(34,5)29(26)17-18-32(27,28)4/h6-8,12-13,20,22-23,25,27-30,35,37H,9-11,14-19,21H2,1-5H3/t23-,25+,27-,28+,29+,30+,32-,33-,34+/m1/s1. The molecule has 4 heteroatoms. The van der Waals surface area contributed by atoms with Crippen LogP contribution in [0.15, 0.2) is 42.0 Å². The summed E-state index contributed by atoms with van der Waals surface area (Å²) in [4.78, 5) is 13.2. The van der Waals surface area contributed by atoms with Crippen LogP contribution in [0.1, 0.15) is 109 Å². The first-order valence-electron chi connectivity index (χ1n) is 15.4. The molecule has 0 heterocycles. The van der Waals surface area contributed by atoms with E-state index in [4.69, 9.17) is 4.74 Å². The Kier molecular flexibility index (Phi) is 7.63. The van der Waals surface area contributed by atoms with Gasteiger partial charge in [-0.05, 0) is 91.7 Å². The van der Waals surface area contributed by atoms with Gasteiger partial charge in [0.05, 0.1) is 11.7 Å². The minimum absolute atomic E-state index is 0.258. The van der Waals surface area contributed by atoms with E-state index in [1.54, 1.807) is 12.1 Å². The number of fused-ring (bicyclic) bond motifs is 5. The van der Waals surface area contributed by atoms with Crippen molar-refractivity contribution >= 4 is 5.97 Å². The highest BCUT2D eigenvalue weighted by atomic mass is 16.6. The van der Waals surface area contributed by atoms with Crippen molar-refractivity contribution < 1.29 is 19.7 Å². The molecule has 4 nitrogen and oxygen atoms in total. The minimum atomic E-state index is -1.26. The van der Waals surface area contributed by atoms with Gasteiger partial charge >= 0.3 is 5.97 Å². The number of carbonyl (C=O) groups is 1. The molecule has 0 bridgehead atoms. The quantitative estimate of drug-likeness (QED) is 0.290. The van der Waals surface area contributed by atoms with E-state index in [9.17, 15) is 15.0 Å². The molecule has 0 unspecified atom stereocenters.